The number of carbonyl (C=O) groups is 1. The van der Waals surface area contributed by atoms with E-state index in [2.05, 4.69) is 0 Å². The summed E-state index contributed by atoms with van der Waals surface area (Å²) in [5.74, 6) is 0.0112. The summed E-state index contributed by atoms with van der Waals surface area (Å²) in [6.07, 6.45) is 0.465. The van der Waals surface area contributed by atoms with E-state index in [0.29, 0.717) is 6.42 Å². The molecule has 0 radical (unpaired) electrons. The minimum Gasteiger partial charge on any atom is -0.496 e. The highest BCUT2D eigenvalue weighted by Gasteiger charge is 2.29. The minimum atomic E-state index is -0.794. The van der Waals surface area contributed by atoms with Crippen LogP contribution in [0.15, 0.2) is 12.1 Å². The molecule has 0 aliphatic carbocycles. The number of carboxylic acid groups (broad SMARTS) is 1. The van der Waals surface area contributed by atoms with Gasteiger partial charge in [-0.15, -0.1) is 0 Å². The van der Waals surface area contributed by atoms with Crippen molar-refractivity contribution >= 4 is 5.97 Å². The average Bonchev–Trinajstić information content (AvgIpc) is 2.23. The molecule has 1 rings (SSSR count). The Labute approximate surface area is 102 Å². The fourth-order valence-electron chi connectivity index (χ4n) is 1.82. The fraction of sp³-hybridized carbons (Fsp3) is 0.500. The standard InChI is InChI=1S/C14H20O3/c1-9-6-7-11(12(17-5)10(9)2)8-14(3,4)13(15)16/h6-7H,8H2,1-5H3,(H,15,16). The predicted octanol–water partition coefficient (Wildman–Crippen LogP) is 2.97. The summed E-state index contributed by atoms with van der Waals surface area (Å²) in [4.78, 5) is 11.1. The first-order valence-corrected chi connectivity index (χ1v) is 5.66. The lowest BCUT2D eigenvalue weighted by Crippen LogP contribution is -2.26. The number of aliphatic carboxylic acids is 1. The molecule has 17 heavy (non-hydrogen) atoms. The van der Waals surface area contributed by atoms with E-state index in [9.17, 15) is 4.79 Å². The highest BCUT2D eigenvalue weighted by atomic mass is 16.5. The highest BCUT2D eigenvalue weighted by Crippen LogP contribution is 2.31. The molecule has 0 saturated heterocycles. The second-order valence-electron chi connectivity index (χ2n) is 5.07. The van der Waals surface area contributed by atoms with Crippen molar-refractivity contribution in [1.29, 1.82) is 0 Å². The molecule has 0 aliphatic heterocycles. The van der Waals surface area contributed by atoms with Gasteiger partial charge >= 0.3 is 5.97 Å². The third-order valence-electron chi connectivity index (χ3n) is 3.17. The van der Waals surface area contributed by atoms with Crippen molar-refractivity contribution in [3.8, 4) is 5.75 Å². The molecule has 0 heterocycles. The van der Waals surface area contributed by atoms with Crippen molar-refractivity contribution in [3.63, 3.8) is 0 Å². The van der Waals surface area contributed by atoms with E-state index in [-0.39, 0.29) is 0 Å². The van der Waals surface area contributed by atoms with Crippen LogP contribution in [-0.4, -0.2) is 18.2 Å². The van der Waals surface area contributed by atoms with Crippen LogP contribution in [0.4, 0.5) is 0 Å². The Balaban J connectivity index is 3.16. The van der Waals surface area contributed by atoms with Crippen LogP contribution >= 0.6 is 0 Å². The molecular formula is C14H20O3. The molecule has 3 nitrogen and oxygen atoms in total. The maximum absolute atomic E-state index is 11.1. The van der Waals surface area contributed by atoms with Crippen molar-refractivity contribution in [2.45, 2.75) is 34.1 Å². The van der Waals surface area contributed by atoms with E-state index in [4.69, 9.17) is 9.84 Å². The monoisotopic (exact) mass is 236 g/mol. The molecule has 94 valence electrons. The topological polar surface area (TPSA) is 46.5 Å². The Hall–Kier alpha value is -1.51. The number of methoxy groups -OCH3 is 1. The van der Waals surface area contributed by atoms with Gasteiger partial charge in [-0.3, -0.25) is 4.79 Å². The quantitative estimate of drug-likeness (QED) is 0.874. The lowest BCUT2D eigenvalue weighted by molar-refractivity contribution is -0.146. The van der Waals surface area contributed by atoms with Crippen LogP contribution < -0.4 is 4.74 Å². The van der Waals surface area contributed by atoms with E-state index >= 15 is 0 Å². The Bertz CT molecular complexity index is 433. The smallest absolute Gasteiger partial charge is 0.309 e. The van der Waals surface area contributed by atoms with Gasteiger partial charge in [-0.05, 0) is 50.8 Å². The van der Waals surface area contributed by atoms with E-state index < -0.39 is 11.4 Å². The van der Waals surface area contributed by atoms with Gasteiger partial charge in [0.2, 0.25) is 0 Å². The second-order valence-corrected chi connectivity index (χ2v) is 5.07. The number of aryl methyl sites for hydroxylation is 1. The lowest BCUT2D eigenvalue weighted by atomic mass is 9.84. The third kappa shape index (κ3) is 2.78. The van der Waals surface area contributed by atoms with Crippen LogP contribution in [0.2, 0.25) is 0 Å². The molecule has 1 aromatic carbocycles. The Morgan fingerprint density at radius 3 is 2.41 bits per heavy atom. The summed E-state index contributed by atoms with van der Waals surface area (Å²) in [7, 11) is 1.62. The summed E-state index contributed by atoms with van der Waals surface area (Å²) in [5.41, 5.74) is 2.39. The Morgan fingerprint density at radius 2 is 1.94 bits per heavy atom. The van der Waals surface area contributed by atoms with Gasteiger partial charge < -0.3 is 9.84 Å². The summed E-state index contributed by atoms with van der Waals surface area (Å²) in [6, 6.07) is 3.96. The maximum Gasteiger partial charge on any atom is 0.309 e. The first kappa shape index (κ1) is 13.6. The van der Waals surface area contributed by atoms with Gasteiger partial charge in [0.25, 0.3) is 0 Å². The van der Waals surface area contributed by atoms with Crippen molar-refractivity contribution in [1.82, 2.24) is 0 Å². The summed E-state index contributed by atoms with van der Waals surface area (Å²) < 4.78 is 5.39. The molecule has 1 N–H and O–H groups in total. The van der Waals surface area contributed by atoms with Crippen LogP contribution in [0.25, 0.3) is 0 Å². The molecule has 0 spiro atoms. The van der Waals surface area contributed by atoms with Gasteiger partial charge in [-0.25, -0.2) is 0 Å². The SMILES string of the molecule is COc1c(CC(C)(C)C(=O)O)ccc(C)c1C. The van der Waals surface area contributed by atoms with Gasteiger partial charge in [0.1, 0.15) is 5.75 Å². The molecule has 0 aromatic heterocycles. The highest BCUT2D eigenvalue weighted by molar-refractivity contribution is 5.74. The van der Waals surface area contributed by atoms with Crippen molar-refractivity contribution in [2.24, 2.45) is 5.41 Å². The van der Waals surface area contributed by atoms with Gasteiger partial charge in [0.15, 0.2) is 0 Å². The van der Waals surface area contributed by atoms with E-state index in [1.165, 1.54) is 0 Å². The van der Waals surface area contributed by atoms with E-state index in [0.717, 1.165) is 22.4 Å². The first-order chi connectivity index (χ1) is 7.79. The molecule has 1 aromatic rings. The third-order valence-corrected chi connectivity index (χ3v) is 3.17. The summed E-state index contributed by atoms with van der Waals surface area (Å²) in [5, 5.41) is 9.15. The van der Waals surface area contributed by atoms with Crippen LogP contribution in [0, 0.1) is 19.3 Å². The second kappa shape index (κ2) is 4.78. The molecule has 0 unspecified atom stereocenters. The van der Waals surface area contributed by atoms with Crippen LogP contribution in [0.3, 0.4) is 0 Å². The van der Waals surface area contributed by atoms with E-state index in [1.54, 1.807) is 21.0 Å². The van der Waals surface area contributed by atoms with Crippen LogP contribution in [0.1, 0.15) is 30.5 Å². The van der Waals surface area contributed by atoms with Gasteiger partial charge in [0, 0.05) is 0 Å². The largest absolute Gasteiger partial charge is 0.496 e. The molecule has 0 bridgehead atoms. The number of carboxylic acids is 1. The first-order valence-electron chi connectivity index (χ1n) is 5.66. The fourth-order valence-corrected chi connectivity index (χ4v) is 1.82. The Morgan fingerprint density at radius 1 is 1.35 bits per heavy atom. The lowest BCUT2D eigenvalue weighted by Gasteiger charge is -2.21. The predicted molar refractivity (Wildman–Crippen MR) is 67.6 cm³/mol. The van der Waals surface area contributed by atoms with Crippen molar-refractivity contribution < 1.29 is 14.6 Å². The number of hydrogen-bond acceptors (Lipinski definition) is 2. The number of benzene rings is 1. The molecule has 3 heteroatoms. The van der Waals surface area contributed by atoms with Crippen LogP contribution in [0.5, 0.6) is 5.75 Å². The van der Waals surface area contributed by atoms with Crippen molar-refractivity contribution in [3.05, 3.63) is 28.8 Å². The zero-order chi connectivity index (χ0) is 13.2. The number of ether oxygens (including phenoxy) is 1. The summed E-state index contributed by atoms with van der Waals surface area (Å²) in [6.45, 7) is 7.46. The normalized spacial score (nSPS) is 11.4. The van der Waals surface area contributed by atoms with E-state index in [1.807, 2.05) is 26.0 Å². The number of rotatable bonds is 4. The zero-order valence-corrected chi connectivity index (χ0v) is 11.1. The molecule has 0 saturated carbocycles. The Kier molecular flexibility index (Phi) is 3.81. The molecular weight excluding hydrogens is 216 g/mol. The number of hydrogen-bond donors (Lipinski definition) is 1. The molecule has 0 aliphatic rings. The molecule has 0 fully saturated rings. The zero-order valence-electron chi connectivity index (χ0n) is 11.1. The van der Waals surface area contributed by atoms with Gasteiger partial charge in [-0.1, -0.05) is 12.1 Å². The van der Waals surface area contributed by atoms with Gasteiger partial charge in [0.05, 0.1) is 12.5 Å². The minimum absolute atomic E-state index is 0.465. The van der Waals surface area contributed by atoms with Crippen molar-refractivity contribution in [2.75, 3.05) is 7.11 Å². The van der Waals surface area contributed by atoms with Crippen LogP contribution in [-0.2, 0) is 11.2 Å². The molecule has 0 atom stereocenters. The maximum atomic E-state index is 11.1. The average molecular weight is 236 g/mol. The summed E-state index contributed by atoms with van der Waals surface area (Å²) >= 11 is 0. The van der Waals surface area contributed by atoms with Gasteiger partial charge in [-0.2, -0.15) is 0 Å². The molecule has 0 amide bonds.